The molecule has 148 valence electrons. The highest BCUT2D eigenvalue weighted by molar-refractivity contribution is 5.79. The molecule has 0 bridgehead atoms. The number of piperidine rings is 1. The molecule has 1 aliphatic rings. The molecule has 0 aromatic carbocycles. The lowest BCUT2D eigenvalue weighted by Crippen LogP contribution is -2.46. The number of nitrogens with zero attached hydrogens (tertiary/aromatic N) is 4. The second-order valence-electron chi connectivity index (χ2n) is 6.39. The number of aromatic amines is 1. The van der Waals surface area contributed by atoms with Gasteiger partial charge in [-0.25, -0.2) is 4.98 Å². The smallest absolute Gasteiger partial charge is 0.216 e. The van der Waals surface area contributed by atoms with Gasteiger partial charge in [0, 0.05) is 40.5 Å². The summed E-state index contributed by atoms with van der Waals surface area (Å²) in [6, 6.07) is 3.65. The molecule has 2 N–H and O–H groups in total. The predicted octanol–water partition coefficient (Wildman–Crippen LogP) is 1.66. The Morgan fingerprint density at radius 3 is 2.96 bits per heavy atom. The minimum atomic E-state index is 0.321. The Bertz CT molecular complexity index is 692. The van der Waals surface area contributed by atoms with E-state index in [0.29, 0.717) is 24.2 Å². The van der Waals surface area contributed by atoms with Gasteiger partial charge in [0.1, 0.15) is 5.82 Å². The number of methoxy groups -OCH3 is 1. The van der Waals surface area contributed by atoms with Gasteiger partial charge >= 0.3 is 0 Å². The Labute approximate surface area is 159 Å². The summed E-state index contributed by atoms with van der Waals surface area (Å²) in [4.78, 5) is 11.1. The summed E-state index contributed by atoms with van der Waals surface area (Å²) in [5.74, 6) is 2.80. The van der Waals surface area contributed by atoms with Crippen molar-refractivity contribution in [2.45, 2.75) is 31.9 Å². The Kier molecular flexibility index (Phi) is 7.23. The van der Waals surface area contributed by atoms with Crippen LogP contribution in [-0.4, -0.2) is 72.6 Å². The highest BCUT2D eigenvalue weighted by Crippen LogP contribution is 2.15. The zero-order chi connectivity index (χ0) is 18.9. The number of hydrogen-bond acceptors (Lipinski definition) is 6. The number of rotatable bonds is 8. The van der Waals surface area contributed by atoms with Crippen molar-refractivity contribution in [1.82, 2.24) is 25.4 Å². The number of ether oxygens (including phenoxy) is 2. The molecule has 9 heteroatoms. The zero-order valence-corrected chi connectivity index (χ0v) is 16.0. The summed E-state index contributed by atoms with van der Waals surface area (Å²) in [7, 11) is 3.51. The first kappa shape index (κ1) is 19.4. The Morgan fingerprint density at radius 1 is 1.41 bits per heavy atom. The van der Waals surface area contributed by atoms with Crippen LogP contribution in [0.5, 0.6) is 0 Å². The van der Waals surface area contributed by atoms with Crippen LogP contribution < -0.4 is 5.32 Å². The van der Waals surface area contributed by atoms with Gasteiger partial charge in [-0.05, 0) is 31.4 Å². The highest BCUT2D eigenvalue weighted by atomic mass is 16.5. The maximum absolute atomic E-state index is 5.92. The van der Waals surface area contributed by atoms with Crippen molar-refractivity contribution in [2.24, 2.45) is 4.99 Å². The standard InChI is InChI=1S/C18H28N6O3/c1-19-18(24-8-6-14(7-9-24)26-12-4-10-25-2)20-13-16-21-17(23-22-16)15-5-3-11-27-15/h3,5,11,14H,4,6-10,12-13H2,1-2H3,(H,19,20)(H,21,22,23). The predicted molar refractivity (Wildman–Crippen MR) is 101 cm³/mol. The molecule has 0 saturated carbocycles. The third-order valence-electron chi connectivity index (χ3n) is 4.49. The van der Waals surface area contributed by atoms with E-state index in [-0.39, 0.29) is 0 Å². The molecular formula is C18H28N6O3. The number of hydrogen-bond donors (Lipinski definition) is 2. The first-order valence-electron chi connectivity index (χ1n) is 9.31. The van der Waals surface area contributed by atoms with E-state index in [1.807, 2.05) is 12.1 Å². The van der Waals surface area contributed by atoms with Gasteiger partial charge in [-0.2, -0.15) is 0 Å². The maximum atomic E-state index is 5.92. The molecule has 1 saturated heterocycles. The summed E-state index contributed by atoms with van der Waals surface area (Å²) in [5, 5.41) is 10.5. The third kappa shape index (κ3) is 5.54. The van der Waals surface area contributed by atoms with Crippen molar-refractivity contribution in [3.63, 3.8) is 0 Å². The normalized spacial score (nSPS) is 16.1. The van der Waals surface area contributed by atoms with E-state index >= 15 is 0 Å². The van der Waals surface area contributed by atoms with Crippen molar-refractivity contribution in [1.29, 1.82) is 0 Å². The number of aromatic nitrogens is 3. The number of furan rings is 1. The largest absolute Gasteiger partial charge is 0.461 e. The first-order chi connectivity index (χ1) is 13.3. The van der Waals surface area contributed by atoms with Crippen LogP contribution in [0.15, 0.2) is 27.8 Å². The SMILES string of the molecule is CN=C(NCc1nc(-c2ccco2)n[nH]1)N1CCC(OCCCOC)CC1. The summed E-state index contributed by atoms with van der Waals surface area (Å²) in [6.45, 7) is 3.87. The molecule has 0 spiro atoms. The maximum Gasteiger partial charge on any atom is 0.216 e. The van der Waals surface area contributed by atoms with Crippen LogP contribution in [0.2, 0.25) is 0 Å². The van der Waals surface area contributed by atoms with Crippen molar-refractivity contribution < 1.29 is 13.9 Å². The minimum Gasteiger partial charge on any atom is -0.461 e. The van der Waals surface area contributed by atoms with Gasteiger partial charge < -0.3 is 24.1 Å². The van der Waals surface area contributed by atoms with Gasteiger partial charge in [-0.3, -0.25) is 10.1 Å². The van der Waals surface area contributed by atoms with Gasteiger partial charge in [0.15, 0.2) is 11.7 Å². The van der Waals surface area contributed by atoms with Crippen molar-refractivity contribution in [3.8, 4) is 11.6 Å². The van der Waals surface area contributed by atoms with Crippen LogP contribution in [0, 0.1) is 0 Å². The van der Waals surface area contributed by atoms with Crippen LogP contribution in [0.3, 0.4) is 0 Å². The average molecular weight is 376 g/mol. The van der Waals surface area contributed by atoms with E-state index < -0.39 is 0 Å². The van der Waals surface area contributed by atoms with E-state index in [9.17, 15) is 0 Å². The number of guanidine groups is 1. The molecule has 0 unspecified atom stereocenters. The van der Waals surface area contributed by atoms with Gasteiger partial charge in [0.25, 0.3) is 0 Å². The molecule has 0 amide bonds. The third-order valence-corrected chi connectivity index (χ3v) is 4.49. The van der Waals surface area contributed by atoms with E-state index in [4.69, 9.17) is 13.9 Å². The van der Waals surface area contributed by atoms with Crippen molar-refractivity contribution in [2.75, 3.05) is 40.5 Å². The average Bonchev–Trinajstić information content (AvgIpc) is 3.38. The quantitative estimate of drug-likeness (QED) is 0.410. The van der Waals surface area contributed by atoms with Crippen LogP contribution in [0.25, 0.3) is 11.6 Å². The molecule has 9 nitrogen and oxygen atoms in total. The summed E-state index contributed by atoms with van der Waals surface area (Å²) < 4.78 is 16.3. The van der Waals surface area contributed by atoms with Crippen LogP contribution in [0.1, 0.15) is 25.1 Å². The number of likely N-dealkylation sites (tertiary alicyclic amines) is 1. The van der Waals surface area contributed by atoms with Crippen molar-refractivity contribution >= 4 is 5.96 Å². The molecule has 2 aromatic rings. The number of H-pyrrole nitrogens is 1. The zero-order valence-electron chi connectivity index (χ0n) is 16.0. The molecular weight excluding hydrogens is 348 g/mol. The highest BCUT2D eigenvalue weighted by Gasteiger charge is 2.22. The summed E-state index contributed by atoms with van der Waals surface area (Å²) in [6.07, 6.45) is 4.87. The molecule has 1 aliphatic heterocycles. The molecule has 3 heterocycles. The Hall–Kier alpha value is -2.39. The number of aliphatic imine (C=N–C) groups is 1. The fraction of sp³-hybridized carbons (Fsp3) is 0.611. The van der Waals surface area contributed by atoms with E-state index in [1.165, 1.54) is 0 Å². The molecule has 0 aliphatic carbocycles. The van der Waals surface area contributed by atoms with Crippen LogP contribution in [-0.2, 0) is 16.0 Å². The lowest BCUT2D eigenvalue weighted by Gasteiger charge is -2.34. The van der Waals surface area contributed by atoms with Gasteiger partial charge in [-0.1, -0.05) is 0 Å². The summed E-state index contributed by atoms with van der Waals surface area (Å²) in [5.41, 5.74) is 0. The van der Waals surface area contributed by atoms with Crippen molar-refractivity contribution in [3.05, 3.63) is 24.2 Å². The van der Waals surface area contributed by atoms with Gasteiger partial charge in [0.05, 0.1) is 18.9 Å². The lowest BCUT2D eigenvalue weighted by molar-refractivity contribution is 0.00989. The van der Waals surface area contributed by atoms with Crippen LogP contribution >= 0.6 is 0 Å². The minimum absolute atomic E-state index is 0.321. The van der Waals surface area contributed by atoms with Gasteiger partial charge in [0.2, 0.25) is 5.82 Å². The van der Waals surface area contributed by atoms with E-state index in [1.54, 1.807) is 20.4 Å². The van der Waals surface area contributed by atoms with E-state index in [0.717, 1.165) is 57.3 Å². The van der Waals surface area contributed by atoms with Gasteiger partial charge in [-0.15, -0.1) is 5.10 Å². The second kappa shape index (κ2) is 10.1. The second-order valence-corrected chi connectivity index (χ2v) is 6.39. The summed E-state index contributed by atoms with van der Waals surface area (Å²) >= 11 is 0. The Balaban J connectivity index is 1.42. The molecule has 2 aromatic heterocycles. The Morgan fingerprint density at radius 2 is 2.26 bits per heavy atom. The molecule has 27 heavy (non-hydrogen) atoms. The fourth-order valence-corrected chi connectivity index (χ4v) is 3.07. The molecule has 1 fully saturated rings. The lowest BCUT2D eigenvalue weighted by atomic mass is 10.1. The molecule has 0 atom stereocenters. The monoisotopic (exact) mass is 376 g/mol. The topological polar surface area (TPSA) is 101 Å². The molecule has 3 rings (SSSR count). The van der Waals surface area contributed by atoms with Crippen LogP contribution in [0.4, 0.5) is 0 Å². The fourth-order valence-electron chi connectivity index (χ4n) is 3.07. The van der Waals surface area contributed by atoms with E-state index in [2.05, 4.69) is 30.4 Å². The first-order valence-corrected chi connectivity index (χ1v) is 9.31. The molecule has 0 radical (unpaired) electrons. The number of nitrogens with one attached hydrogen (secondary N) is 2.